The predicted octanol–water partition coefficient (Wildman–Crippen LogP) is 2.48. The number of ether oxygens (including phenoxy) is 1. The summed E-state index contributed by atoms with van der Waals surface area (Å²) in [6.45, 7) is 5.34. The maximum absolute atomic E-state index is 12.2. The number of nitrogens with one attached hydrogen (secondary N) is 1. The van der Waals surface area contributed by atoms with Crippen LogP contribution in [0.4, 0.5) is 0 Å². The van der Waals surface area contributed by atoms with Gasteiger partial charge in [-0.2, -0.15) is 0 Å². The molecule has 1 atom stereocenters. The molecule has 1 aromatic carbocycles. The molecule has 5 heteroatoms. The summed E-state index contributed by atoms with van der Waals surface area (Å²) >= 11 is 0. The molecule has 0 spiro atoms. The van der Waals surface area contributed by atoms with Crippen molar-refractivity contribution in [2.24, 2.45) is 0 Å². The Kier molecular flexibility index (Phi) is 5.53. The van der Waals surface area contributed by atoms with Crippen LogP contribution in [0.15, 0.2) is 18.2 Å². The van der Waals surface area contributed by atoms with Crippen molar-refractivity contribution in [3.05, 3.63) is 34.9 Å². The fourth-order valence-electron chi connectivity index (χ4n) is 2.24. The lowest BCUT2D eigenvalue weighted by Crippen LogP contribution is -2.37. The fraction of sp³-hybridized carbons (Fsp3) is 0.500. The molecule has 1 saturated carbocycles. The number of hydrogen-bond donors (Lipinski definition) is 1. The molecular weight excluding hydrogens is 294 g/mol. The molecule has 0 aliphatic heterocycles. The van der Waals surface area contributed by atoms with E-state index in [2.05, 4.69) is 5.32 Å². The molecule has 2 rings (SSSR count). The summed E-state index contributed by atoms with van der Waals surface area (Å²) in [4.78, 5) is 35.7. The van der Waals surface area contributed by atoms with E-state index in [0.717, 1.165) is 24.0 Å². The molecule has 1 aliphatic carbocycles. The molecule has 124 valence electrons. The van der Waals surface area contributed by atoms with Gasteiger partial charge in [0.25, 0.3) is 5.91 Å². The van der Waals surface area contributed by atoms with Gasteiger partial charge in [-0.25, -0.2) is 0 Å². The van der Waals surface area contributed by atoms with E-state index >= 15 is 0 Å². The third-order valence-corrected chi connectivity index (χ3v) is 3.85. The van der Waals surface area contributed by atoms with Crippen LogP contribution in [-0.4, -0.2) is 29.8 Å². The Hall–Kier alpha value is -2.17. The molecule has 0 radical (unpaired) electrons. The van der Waals surface area contributed by atoms with Crippen LogP contribution >= 0.6 is 0 Å². The first-order valence-electron chi connectivity index (χ1n) is 7.97. The van der Waals surface area contributed by atoms with Gasteiger partial charge in [0.2, 0.25) is 0 Å². The molecule has 0 aromatic heterocycles. The van der Waals surface area contributed by atoms with Gasteiger partial charge in [0.1, 0.15) is 0 Å². The molecule has 0 saturated heterocycles. The van der Waals surface area contributed by atoms with E-state index in [0.29, 0.717) is 5.56 Å². The summed E-state index contributed by atoms with van der Waals surface area (Å²) in [6, 6.07) is 5.90. The maximum atomic E-state index is 12.2. The number of benzene rings is 1. The van der Waals surface area contributed by atoms with E-state index in [9.17, 15) is 14.4 Å². The van der Waals surface area contributed by atoms with Crippen LogP contribution in [0.2, 0.25) is 0 Å². The standard InChI is InChI=1S/C18H23NO4/c1-11-4-5-12(2)15(10-11)16(20)8-9-17(21)23-13(3)18(22)19-14-6-7-14/h4-5,10,13-14H,6-9H2,1-3H3,(H,19,22)/t13-/m0/s1. The highest BCUT2D eigenvalue weighted by Crippen LogP contribution is 2.19. The highest BCUT2D eigenvalue weighted by atomic mass is 16.5. The minimum absolute atomic E-state index is 0.0206. The van der Waals surface area contributed by atoms with E-state index < -0.39 is 12.1 Å². The van der Waals surface area contributed by atoms with E-state index in [1.54, 1.807) is 6.92 Å². The number of esters is 1. The lowest BCUT2D eigenvalue weighted by atomic mass is 9.99. The maximum Gasteiger partial charge on any atom is 0.307 e. The molecule has 1 fully saturated rings. The molecule has 0 heterocycles. The lowest BCUT2D eigenvalue weighted by Gasteiger charge is -2.13. The van der Waals surface area contributed by atoms with Crippen LogP contribution in [0.5, 0.6) is 0 Å². The molecule has 0 unspecified atom stereocenters. The van der Waals surface area contributed by atoms with Crippen LogP contribution in [0.1, 0.15) is 54.1 Å². The van der Waals surface area contributed by atoms with E-state index in [1.165, 1.54) is 0 Å². The lowest BCUT2D eigenvalue weighted by molar-refractivity contribution is -0.154. The third-order valence-electron chi connectivity index (χ3n) is 3.85. The normalized spacial score (nSPS) is 14.9. The van der Waals surface area contributed by atoms with Gasteiger partial charge in [-0.15, -0.1) is 0 Å². The SMILES string of the molecule is Cc1ccc(C)c(C(=O)CCC(=O)O[C@@H](C)C(=O)NC2CC2)c1. The quantitative estimate of drug-likeness (QED) is 0.619. The van der Waals surface area contributed by atoms with Gasteiger partial charge < -0.3 is 10.1 Å². The number of rotatable bonds is 7. The van der Waals surface area contributed by atoms with Crippen molar-refractivity contribution in [1.29, 1.82) is 0 Å². The van der Waals surface area contributed by atoms with Crippen molar-refractivity contribution in [1.82, 2.24) is 5.32 Å². The smallest absolute Gasteiger partial charge is 0.307 e. The first kappa shape index (κ1) is 17.2. The summed E-state index contributed by atoms with van der Waals surface area (Å²) in [7, 11) is 0. The van der Waals surface area contributed by atoms with Crippen LogP contribution in [-0.2, 0) is 14.3 Å². The Bertz CT molecular complexity index is 619. The highest BCUT2D eigenvalue weighted by Gasteiger charge is 2.27. The summed E-state index contributed by atoms with van der Waals surface area (Å²) in [5.41, 5.74) is 2.54. The molecule has 1 aromatic rings. The molecule has 0 bridgehead atoms. The minimum Gasteiger partial charge on any atom is -0.453 e. The largest absolute Gasteiger partial charge is 0.453 e. The highest BCUT2D eigenvalue weighted by molar-refractivity contribution is 5.99. The second-order valence-corrected chi connectivity index (χ2v) is 6.16. The van der Waals surface area contributed by atoms with E-state index in [1.807, 2.05) is 32.0 Å². The number of carbonyl (C=O) groups excluding carboxylic acids is 3. The van der Waals surface area contributed by atoms with Crippen LogP contribution < -0.4 is 5.32 Å². The summed E-state index contributed by atoms with van der Waals surface area (Å²) in [6.07, 6.45) is 1.21. The Morgan fingerprint density at radius 3 is 2.57 bits per heavy atom. The Morgan fingerprint density at radius 2 is 1.91 bits per heavy atom. The van der Waals surface area contributed by atoms with E-state index in [-0.39, 0.29) is 30.6 Å². The molecule has 23 heavy (non-hydrogen) atoms. The van der Waals surface area contributed by atoms with Gasteiger partial charge >= 0.3 is 5.97 Å². The molecule has 1 amide bonds. The number of Topliss-reactive ketones (excluding diaryl/α,β-unsaturated/α-hetero) is 1. The monoisotopic (exact) mass is 317 g/mol. The number of hydrogen-bond acceptors (Lipinski definition) is 4. The zero-order valence-corrected chi connectivity index (χ0v) is 13.8. The second-order valence-electron chi connectivity index (χ2n) is 6.16. The van der Waals surface area contributed by atoms with Gasteiger partial charge in [0, 0.05) is 18.0 Å². The molecule has 1 aliphatic rings. The Labute approximate surface area is 136 Å². The van der Waals surface area contributed by atoms with Crippen LogP contribution in [0, 0.1) is 13.8 Å². The summed E-state index contributed by atoms with van der Waals surface area (Å²) in [5.74, 6) is -0.887. The van der Waals surface area contributed by atoms with Gasteiger partial charge in [-0.3, -0.25) is 14.4 Å². The zero-order chi connectivity index (χ0) is 17.0. The first-order chi connectivity index (χ1) is 10.9. The first-order valence-corrected chi connectivity index (χ1v) is 7.97. The van der Waals surface area contributed by atoms with Gasteiger partial charge in [-0.05, 0) is 45.2 Å². The average molecular weight is 317 g/mol. The number of aryl methyl sites for hydroxylation is 2. The molecule has 1 N–H and O–H groups in total. The van der Waals surface area contributed by atoms with Gasteiger partial charge in [0.15, 0.2) is 11.9 Å². The molecule has 5 nitrogen and oxygen atoms in total. The van der Waals surface area contributed by atoms with Gasteiger partial charge in [0.05, 0.1) is 6.42 Å². The number of amides is 1. The van der Waals surface area contributed by atoms with Crippen LogP contribution in [0.25, 0.3) is 0 Å². The van der Waals surface area contributed by atoms with Crippen molar-refractivity contribution in [3.63, 3.8) is 0 Å². The number of carbonyl (C=O) groups is 3. The number of ketones is 1. The van der Waals surface area contributed by atoms with Crippen molar-refractivity contribution in [2.75, 3.05) is 0 Å². The summed E-state index contributed by atoms with van der Waals surface area (Å²) in [5, 5.41) is 2.78. The Balaban J connectivity index is 1.80. The topological polar surface area (TPSA) is 72.5 Å². The van der Waals surface area contributed by atoms with E-state index in [4.69, 9.17) is 4.74 Å². The third kappa shape index (κ3) is 5.20. The van der Waals surface area contributed by atoms with Gasteiger partial charge in [-0.1, -0.05) is 17.7 Å². The molecular formula is C18H23NO4. The minimum atomic E-state index is -0.820. The second kappa shape index (κ2) is 7.40. The van der Waals surface area contributed by atoms with Crippen molar-refractivity contribution in [2.45, 2.75) is 58.6 Å². The fourth-order valence-corrected chi connectivity index (χ4v) is 2.24. The average Bonchev–Trinajstić information content (AvgIpc) is 3.31. The van der Waals surface area contributed by atoms with Crippen LogP contribution in [0.3, 0.4) is 0 Å². The van der Waals surface area contributed by atoms with Crippen molar-refractivity contribution < 1.29 is 19.1 Å². The van der Waals surface area contributed by atoms with Crippen molar-refractivity contribution in [3.8, 4) is 0 Å². The van der Waals surface area contributed by atoms with Crippen molar-refractivity contribution >= 4 is 17.7 Å². The predicted molar refractivity (Wildman–Crippen MR) is 86.2 cm³/mol. The summed E-state index contributed by atoms with van der Waals surface area (Å²) < 4.78 is 5.08. The Morgan fingerprint density at radius 1 is 1.22 bits per heavy atom. The zero-order valence-electron chi connectivity index (χ0n) is 13.8.